The van der Waals surface area contributed by atoms with Gasteiger partial charge in [0.1, 0.15) is 5.69 Å². The maximum atomic E-state index is 10.3. The molecule has 2 rings (SSSR count). The van der Waals surface area contributed by atoms with E-state index >= 15 is 0 Å². The first-order chi connectivity index (χ1) is 5.90. The van der Waals surface area contributed by atoms with Crippen LogP contribution in [0.2, 0.25) is 0 Å². The maximum absolute atomic E-state index is 10.3. The van der Waals surface area contributed by atoms with Crippen molar-refractivity contribution >= 4 is 6.29 Å². The molecule has 1 aromatic rings. The molecule has 4 nitrogen and oxygen atoms in total. The van der Waals surface area contributed by atoms with Gasteiger partial charge in [0.25, 0.3) is 0 Å². The van der Waals surface area contributed by atoms with E-state index in [0.717, 1.165) is 31.5 Å². The largest absolute Gasteiger partial charge is 0.316 e. The maximum Gasteiger partial charge on any atom is 0.170 e. The van der Waals surface area contributed by atoms with E-state index < -0.39 is 0 Å². The van der Waals surface area contributed by atoms with Crippen LogP contribution in [0.1, 0.15) is 28.5 Å². The summed E-state index contributed by atoms with van der Waals surface area (Å²) in [7, 11) is 0. The molecule has 1 aliphatic heterocycles. The summed E-state index contributed by atoms with van der Waals surface area (Å²) in [5.74, 6) is 0.506. The Morgan fingerprint density at radius 3 is 3.17 bits per heavy atom. The number of nitrogens with zero attached hydrogens (tertiary/aromatic N) is 1. The van der Waals surface area contributed by atoms with E-state index in [1.165, 1.54) is 0 Å². The minimum atomic E-state index is 0.497. The highest BCUT2D eigenvalue weighted by atomic mass is 16.1. The van der Waals surface area contributed by atoms with E-state index in [0.29, 0.717) is 11.6 Å². The highest BCUT2D eigenvalue weighted by molar-refractivity contribution is 5.71. The van der Waals surface area contributed by atoms with Gasteiger partial charge in [-0.05, 0) is 19.0 Å². The number of aromatic nitrogens is 2. The average molecular weight is 165 g/mol. The van der Waals surface area contributed by atoms with Crippen molar-refractivity contribution in [1.29, 1.82) is 0 Å². The zero-order chi connectivity index (χ0) is 8.39. The second kappa shape index (κ2) is 3.06. The van der Waals surface area contributed by atoms with E-state index in [9.17, 15) is 4.79 Å². The van der Waals surface area contributed by atoms with Gasteiger partial charge in [-0.25, -0.2) is 0 Å². The molecule has 1 unspecified atom stereocenters. The van der Waals surface area contributed by atoms with Crippen LogP contribution in [-0.2, 0) is 0 Å². The second-order valence-electron chi connectivity index (χ2n) is 3.06. The molecule has 1 aliphatic rings. The van der Waals surface area contributed by atoms with Gasteiger partial charge in [0, 0.05) is 18.2 Å². The van der Waals surface area contributed by atoms with Crippen molar-refractivity contribution in [3.05, 3.63) is 17.5 Å². The monoisotopic (exact) mass is 165 g/mol. The Balaban J connectivity index is 2.16. The molecule has 0 aliphatic carbocycles. The van der Waals surface area contributed by atoms with Crippen molar-refractivity contribution in [1.82, 2.24) is 15.5 Å². The summed E-state index contributed by atoms with van der Waals surface area (Å²) < 4.78 is 0. The van der Waals surface area contributed by atoms with Crippen LogP contribution in [0.25, 0.3) is 0 Å². The lowest BCUT2D eigenvalue weighted by Crippen LogP contribution is -2.08. The number of nitrogens with one attached hydrogen (secondary N) is 2. The third-order valence-corrected chi connectivity index (χ3v) is 2.24. The van der Waals surface area contributed by atoms with Gasteiger partial charge in [-0.3, -0.25) is 9.89 Å². The van der Waals surface area contributed by atoms with E-state index in [1.807, 2.05) is 6.07 Å². The number of rotatable bonds is 2. The van der Waals surface area contributed by atoms with Gasteiger partial charge in [0.15, 0.2) is 6.29 Å². The molecule has 0 amide bonds. The van der Waals surface area contributed by atoms with Gasteiger partial charge in [-0.15, -0.1) is 0 Å². The fraction of sp³-hybridized carbons (Fsp3) is 0.500. The van der Waals surface area contributed by atoms with Gasteiger partial charge in [0.2, 0.25) is 0 Å². The first-order valence-electron chi connectivity index (χ1n) is 4.11. The zero-order valence-electron chi connectivity index (χ0n) is 6.71. The molecule has 1 fully saturated rings. The minimum absolute atomic E-state index is 0.497. The molecular weight excluding hydrogens is 154 g/mol. The molecule has 1 aromatic heterocycles. The lowest BCUT2D eigenvalue weighted by molar-refractivity contribution is 0.111. The molecule has 0 radical (unpaired) electrons. The van der Waals surface area contributed by atoms with Gasteiger partial charge >= 0.3 is 0 Å². The third-order valence-electron chi connectivity index (χ3n) is 2.24. The van der Waals surface area contributed by atoms with Crippen molar-refractivity contribution in [2.75, 3.05) is 13.1 Å². The molecule has 0 saturated carbocycles. The Bertz CT molecular complexity index is 276. The van der Waals surface area contributed by atoms with Gasteiger partial charge in [0.05, 0.1) is 0 Å². The lowest BCUT2D eigenvalue weighted by Gasteiger charge is -2.02. The number of hydrogen-bond donors (Lipinski definition) is 2. The summed E-state index contributed by atoms with van der Waals surface area (Å²) in [6, 6.07) is 1.82. The Morgan fingerprint density at radius 2 is 2.58 bits per heavy atom. The molecule has 2 heterocycles. The van der Waals surface area contributed by atoms with Crippen molar-refractivity contribution in [2.24, 2.45) is 0 Å². The predicted molar refractivity (Wildman–Crippen MR) is 44.2 cm³/mol. The Kier molecular flexibility index (Phi) is 1.91. The smallest absolute Gasteiger partial charge is 0.170 e. The quantitative estimate of drug-likeness (QED) is 0.620. The van der Waals surface area contributed by atoms with E-state index in [4.69, 9.17) is 0 Å². The summed E-state index contributed by atoms with van der Waals surface area (Å²) in [6.45, 7) is 2.04. The topological polar surface area (TPSA) is 57.8 Å². The van der Waals surface area contributed by atoms with Crippen LogP contribution < -0.4 is 5.32 Å². The van der Waals surface area contributed by atoms with E-state index in [1.54, 1.807) is 0 Å². The van der Waals surface area contributed by atoms with Crippen molar-refractivity contribution in [3.63, 3.8) is 0 Å². The second-order valence-corrected chi connectivity index (χ2v) is 3.06. The van der Waals surface area contributed by atoms with Crippen LogP contribution >= 0.6 is 0 Å². The molecular formula is C8H11N3O. The fourth-order valence-corrected chi connectivity index (χ4v) is 1.54. The standard InChI is InChI=1S/C8H11N3O/c12-5-7-3-8(11-10-7)6-1-2-9-4-6/h3,5-6,9H,1-2,4H2,(H,10,11). The molecule has 2 N–H and O–H groups in total. The van der Waals surface area contributed by atoms with Crippen LogP contribution in [-0.4, -0.2) is 29.6 Å². The summed E-state index contributed by atoms with van der Waals surface area (Å²) in [5.41, 5.74) is 1.57. The zero-order valence-corrected chi connectivity index (χ0v) is 6.71. The fourth-order valence-electron chi connectivity index (χ4n) is 1.54. The first kappa shape index (κ1) is 7.49. The Labute approximate surface area is 70.4 Å². The van der Waals surface area contributed by atoms with Crippen molar-refractivity contribution < 1.29 is 4.79 Å². The van der Waals surface area contributed by atoms with E-state index in [2.05, 4.69) is 15.5 Å². The van der Waals surface area contributed by atoms with Crippen LogP contribution in [0.15, 0.2) is 6.07 Å². The normalized spacial score (nSPS) is 22.8. The molecule has 1 saturated heterocycles. The molecule has 0 spiro atoms. The average Bonchev–Trinajstić information content (AvgIpc) is 2.75. The molecule has 64 valence electrons. The Morgan fingerprint density at radius 1 is 1.67 bits per heavy atom. The molecule has 4 heteroatoms. The van der Waals surface area contributed by atoms with Gasteiger partial charge in [-0.1, -0.05) is 0 Å². The van der Waals surface area contributed by atoms with Gasteiger partial charge < -0.3 is 5.32 Å². The summed E-state index contributed by atoms with van der Waals surface area (Å²) in [6.07, 6.45) is 1.89. The van der Waals surface area contributed by atoms with Crippen LogP contribution in [0.5, 0.6) is 0 Å². The van der Waals surface area contributed by atoms with Gasteiger partial charge in [-0.2, -0.15) is 5.10 Å². The van der Waals surface area contributed by atoms with Crippen LogP contribution in [0.4, 0.5) is 0 Å². The number of carbonyl (C=O) groups excluding carboxylic acids is 1. The minimum Gasteiger partial charge on any atom is -0.316 e. The van der Waals surface area contributed by atoms with E-state index in [-0.39, 0.29) is 0 Å². The lowest BCUT2D eigenvalue weighted by atomic mass is 10.1. The van der Waals surface area contributed by atoms with Crippen molar-refractivity contribution in [2.45, 2.75) is 12.3 Å². The Hall–Kier alpha value is -1.16. The molecule has 0 aromatic carbocycles. The summed E-state index contributed by atoms with van der Waals surface area (Å²) in [4.78, 5) is 10.3. The number of hydrogen-bond acceptors (Lipinski definition) is 3. The van der Waals surface area contributed by atoms with Crippen LogP contribution in [0.3, 0.4) is 0 Å². The number of carbonyl (C=O) groups is 1. The molecule has 0 bridgehead atoms. The highest BCUT2D eigenvalue weighted by Gasteiger charge is 2.18. The number of aldehydes is 1. The number of H-pyrrole nitrogens is 1. The summed E-state index contributed by atoms with van der Waals surface area (Å²) in [5, 5.41) is 10.00. The highest BCUT2D eigenvalue weighted by Crippen LogP contribution is 2.19. The van der Waals surface area contributed by atoms with Crippen LogP contribution in [0, 0.1) is 0 Å². The molecule has 12 heavy (non-hydrogen) atoms. The van der Waals surface area contributed by atoms with Crippen molar-refractivity contribution in [3.8, 4) is 0 Å². The summed E-state index contributed by atoms with van der Waals surface area (Å²) >= 11 is 0. The third kappa shape index (κ3) is 1.25. The first-order valence-corrected chi connectivity index (χ1v) is 4.11. The SMILES string of the molecule is O=Cc1cc(C2CCNC2)[nH]n1. The number of aromatic amines is 1. The predicted octanol–water partition coefficient (Wildman–Crippen LogP) is 0.299. The molecule has 1 atom stereocenters.